The normalized spacial score (nSPS) is 5.37. The van der Waals surface area contributed by atoms with Crippen molar-refractivity contribution in [3.05, 3.63) is 61.3 Å². The molecule has 0 radical (unpaired) electrons. The molecule has 2 N–H and O–H groups in total. The monoisotopic (exact) mass is 466 g/mol. The summed E-state index contributed by atoms with van der Waals surface area (Å²) in [6, 6.07) is 0. The van der Waals surface area contributed by atoms with Crippen LogP contribution in [0.4, 0.5) is 0 Å². The Bertz CT molecular complexity index is 159. The SMILES string of the molecule is O=[N+]([O-])[O-].O=[N+]([O-])[O-].O=[N+]([O-])[O-].O=[N+]([O-])[O-].OO.[W+4]. The maximum Gasteiger partial charge on any atom is 4.00 e. The number of rotatable bonds is 0. The Morgan fingerprint density at radius 3 is 0.474 bits per heavy atom. The summed E-state index contributed by atoms with van der Waals surface area (Å²) in [6.07, 6.45) is 0. The van der Waals surface area contributed by atoms with Crippen molar-refractivity contribution in [2.45, 2.75) is 0 Å². The molecule has 19 heteroatoms. The van der Waals surface area contributed by atoms with Crippen molar-refractivity contribution in [1.82, 2.24) is 0 Å². The van der Waals surface area contributed by atoms with Crippen LogP contribution in [-0.2, 0) is 21.1 Å². The molecule has 0 bridgehead atoms. The molecule has 0 saturated carbocycles. The van der Waals surface area contributed by atoms with E-state index in [0.29, 0.717) is 0 Å². The summed E-state index contributed by atoms with van der Waals surface area (Å²) in [5.74, 6) is 0. The third kappa shape index (κ3) is 412. The maximum absolute atomic E-state index is 8.25. The Morgan fingerprint density at radius 2 is 0.474 bits per heavy atom. The van der Waals surface area contributed by atoms with E-state index in [0.717, 1.165) is 0 Å². The number of hydrogen-bond acceptors (Lipinski definition) is 14. The molecular formula is H2N4O14W. The van der Waals surface area contributed by atoms with Crippen molar-refractivity contribution in [2.24, 2.45) is 0 Å². The van der Waals surface area contributed by atoms with E-state index >= 15 is 0 Å². The van der Waals surface area contributed by atoms with Crippen LogP contribution in [0.3, 0.4) is 0 Å². The second-order valence-electron chi connectivity index (χ2n) is 0.894. The van der Waals surface area contributed by atoms with Crippen LogP contribution in [0, 0.1) is 61.3 Å². The van der Waals surface area contributed by atoms with E-state index in [4.69, 9.17) is 71.8 Å². The second-order valence-corrected chi connectivity index (χ2v) is 0.894. The van der Waals surface area contributed by atoms with Gasteiger partial charge < -0.3 is 61.3 Å². The van der Waals surface area contributed by atoms with Crippen LogP contribution in [0.15, 0.2) is 0 Å². The molecule has 0 aromatic rings. The van der Waals surface area contributed by atoms with Crippen LogP contribution in [0.2, 0.25) is 0 Å². The molecule has 0 aromatic heterocycles. The van der Waals surface area contributed by atoms with Crippen LogP contribution in [-0.4, -0.2) is 30.9 Å². The number of nitrogens with zero attached hydrogens (tertiary/aromatic N) is 4. The fourth-order valence-electron chi connectivity index (χ4n) is 0. The molecule has 0 aromatic carbocycles. The van der Waals surface area contributed by atoms with Crippen molar-refractivity contribution in [3.63, 3.8) is 0 Å². The Labute approximate surface area is 114 Å². The average molecular weight is 466 g/mol. The van der Waals surface area contributed by atoms with Crippen LogP contribution in [0.1, 0.15) is 0 Å². The second kappa shape index (κ2) is 36.1. The number of hydrogen-bond donors (Lipinski definition) is 2. The molecular weight excluding hydrogens is 464 g/mol. The molecule has 0 rings (SSSR count). The quantitative estimate of drug-likeness (QED) is 0.247. The fourth-order valence-corrected chi connectivity index (χ4v) is 0. The summed E-state index contributed by atoms with van der Waals surface area (Å²) in [7, 11) is 0. The van der Waals surface area contributed by atoms with Crippen LogP contribution >= 0.6 is 0 Å². The van der Waals surface area contributed by atoms with Crippen molar-refractivity contribution >= 4 is 0 Å². The van der Waals surface area contributed by atoms with Crippen LogP contribution < -0.4 is 0 Å². The summed E-state index contributed by atoms with van der Waals surface area (Å²) in [5, 5.41) is 71.0. The molecule has 0 aliphatic carbocycles. The van der Waals surface area contributed by atoms with Crippen molar-refractivity contribution in [3.8, 4) is 0 Å². The van der Waals surface area contributed by atoms with Gasteiger partial charge in [0.25, 0.3) is 0 Å². The molecule has 112 valence electrons. The minimum absolute atomic E-state index is 0. The summed E-state index contributed by atoms with van der Waals surface area (Å²) in [4.78, 5) is 33.0. The van der Waals surface area contributed by atoms with E-state index in [9.17, 15) is 0 Å². The van der Waals surface area contributed by atoms with E-state index in [-0.39, 0.29) is 21.1 Å². The summed E-state index contributed by atoms with van der Waals surface area (Å²) in [6.45, 7) is 0. The first-order valence-electron chi connectivity index (χ1n) is 2.39. The predicted molar refractivity (Wildman–Crippen MR) is 46.7 cm³/mol. The third-order valence-electron chi connectivity index (χ3n) is 0. The van der Waals surface area contributed by atoms with Gasteiger partial charge in [-0.25, -0.2) is 0 Å². The Balaban J connectivity index is -0.0000000279. The fraction of sp³-hybridized carbons (Fsp3) is 0. The van der Waals surface area contributed by atoms with Gasteiger partial charge >= 0.3 is 21.1 Å². The molecule has 19 heavy (non-hydrogen) atoms. The van der Waals surface area contributed by atoms with Gasteiger partial charge in [-0.05, 0) is 0 Å². The first-order valence-corrected chi connectivity index (χ1v) is 2.39. The first kappa shape index (κ1) is 36.0. The van der Waals surface area contributed by atoms with E-state index < -0.39 is 20.3 Å². The Kier molecular flexibility index (Phi) is 68.4. The standard InChI is InChI=1S/4NO3.H2O2.W/c4*2-1(3)4;1-2;/h;;;;1-2H;/q4*-1;;+4. The molecule has 0 heterocycles. The maximum atomic E-state index is 8.25. The molecule has 0 fully saturated rings. The van der Waals surface area contributed by atoms with Gasteiger partial charge in [0, 0.05) is 0 Å². The minimum atomic E-state index is -1.75. The smallest absolute Gasteiger partial charge is 0.356 e. The molecule has 0 aliphatic heterocycles. The van der Waals surface area contributed by atoms with Gasteiger partial charge in [-0.1, -0.05) is 0 Å². The molecule has 18 nitrogen and oxygen atoms in total. The average Bonchev–Trinajstić information content (AvgIpc) is 2.01. The van der Waals surface area contributed by atoms with Gasteiger partial charge in [-0.2, -0.15) is 0 Å². The van der Waals surface area contributed by atoms with Gasteiger partial charge in [-0.15, -0.1) is 0 Å². The molecule has 0 aliphatic rings. The minimum Gasteiger partial charge on any atom is -0.356 e. The van der Waals surface area contributed by atoms with Gasteiger partial charge in [0.05, 0.1) is 20.3 Å². The van der Waals surface area contributed by atoms with E-state index in [2.05, 4.69) is 0 Å². The van der Waals surface area contributed by atoms with E-state index in [1.165, 1.54) is 0 Å². The Morgan fingerprint density at radius 1 is 0.474 bits per heavy atom. The molecule has 0 atom stereocenters. The van der Waals surface area contributed by atoms with Crippen LogP contribution in [0.5, 0.6) is 0 Å². The van der Waals surface area contributed by atoms with E-state index in [1.807, 2.05) is 0 Å². The predicted octanol–water partition coefficient (Wildman–Crippen LogP) is -0.942. The molecule has 0 saturated heterocycles. The van der Waals surface area contributed by atoms with Gasteiger partial charge in [0.1, 0.15) is 0 Å². The largest absolute Gasteiger partial charge is 4.00 e. The van der Waals surface area contributed by atoms with Crippen LogP contribution in [0.25, 0.3) is 0 Å². The first-order chi connectivity index (χ1) is 7.93. The summed E-state index contributed by atoms with van der Waals surface area (Å²) >= 11 is 0. The van der Waals surface area contributed by atoms with Gasteiger partial charge in [0.2, 0.25) is 0 Å². The summed E-state index contributed by atoms with van der Waals surface area (Å²) < 4.78 is 0. The van der Waals surface area contributed by atoms with Crippen molar-refractivity contribution in [1.29, 1.82) is 0 Å². The summed E-state index contributed by atoms with van der Waals surface area (Å²) in [5.41, 5.74) is 0. The molecule has 0 unspecified atom stereocenters. The van der Waals surface area contributed by atoms with E-state index in [1.54, 1.807) is 0 Å². The zero-order chi connectivity index (χ0) is 16.3. The van der Waals surface area contributed by atoms with Gasteiger partial charge in [-0.3, -0.25) is 10.5 Å². The molecule has 0 amide bonds. The van der Waals surface area contributed by atoms with Gasteiger partial charge in [0.15, 0.2) is 0 Å². The zero-order valence-electron chi connectivity index (χ0n) is 7.99. The molecule has 0 spiro atoms. The van der Waals surface area contributed by atoms with Crippen molar-refractivity contribution < 1.29 is 51.9 Å². The third-order valence-corrected chi connectivity index (χ3v) is 0. The van der Waals surface area contributed by atoms with Crippen molar-refractivity contribution in [2.75, 3.05) is 0 Å². The topological polar surface area (TPSA) is 305 Å². The Hall–Kier alpha value is -2.59. The zero-order valence-corrected chi connectivity index (χ0v) is 10.9.